The van der Waals surface area contributed by atoms with Crippen LogP contribution in [0.1, 0.15) is 0 Å². The minimum Gasteiger partial charge on any atom is -0.308 e. The third-order valence-electron chi connectivity index (χ3n) is 7.55. The van der Waals surface area contributed by atoms with Gasteiger partial charge in [-0.05, 0) is 69.4 Å². The monoisotopic (exact) mass is 501 g/mol. The molecule has 0 spiro atoms. The normalized spacial score (nSPS) is 11.7. The number of benzene rings is 6. The van der Waals surface area contributed by atoms with E-state index in [0.29, 0.717) is 0 Å². The van der Waals surface area contributed by atoms with Crippen molar-refractivity contribution in [3.8, 4) is 27.9 Å². The molecule has 0 N–H and O–H groups in total. The average molecular weight is 502 g/mol. The number of para-hydroxylation sites is 1. The summed E-state index contributed by atoms with van der Waals surface area (Å²) in [5.41, 5.74) is 8.61. The lowest BCUT2D eigenvalue weighted by Crippen LogP contribution is -1.96. The zero-order valence-corrected chi connectivity index (χ0v) is 21.5. The maximum absolute atomic E-state index is 2.47. The van der Waals surface area contributed by atoms with Crippen molar-refractivity contribution in [2.75, 3.05) is 0 Å². The zero-order valence-electron chi connectivity index (χ0n) is 20.6. The second kappa shape index (κ2) is 8.44. The molecule has 0 saturated carbocycles. The van der Waals surface area contributed by atoms with E-state index in [0.717, 1.165) is 0 Å². The number of hydrogen-bond donors (Lipinski definition) is 0. The molecule has 1 nitrogen and oxygen atoms in total. The molecule has 38 heavy (non-hydrogen) atoms. The molecule has 0 aliphatic rings. The predicted octanol–water partition coefficient (Wildman–Crippen LogP) is 10.5. The van der Waals surface area contributed by atoms with Crippen molar-refractivity contribution in [2.24, 2.45) is 0 Å². The highest BCUT2D eigenvalue weighted by Gasteiger charge is 2.18. The summed E-state index contributed by atoms with van der Waals surface area (Å²) in [5.74, 6) is 0. The molecule has 0 radical (unpaired) electrons. The minimum absolute atomic E-state index is 1.18. The van der Waals surface area contributed by atoms with Crippen molar-refractivity contribution < 1.29 is 0 Å². The largest absolute Gasteiger partial charge is 0.308 e. The smallest absolute Gasteiger partial charge is 0.0727 e. The molecule has 2 heterocycles. The molecule has 0 aliphatic carbocycles. The minimum atomic E-state index is 1.18. The van der Waals surface area contributed by atoms with Gasteiger partial charge in [-0.25, -0.2) is 0 Å². The Morgan fingerprint density at radius 1 is 0.447 bits per heavy atom. The van der Waals surface area contributed by atoms with Gasteiger partial charge in [0.15, 0.2) is 0 Å². The molecule has 0 amide bonds. The predicted molar refractivity (Wildman–Crippen MR) is 165 cm³/mol. The van der Waals surface area contributed by atoms with Crippen LogP contribution in [0.25, 0.3) is 69.9 Å². The van der Waals surface area contributed by atoms with Gasteiger partial charge in [0.2, 0.25) is 0 Å². The number of rotatable bonds is 3. The lowest BCUT2D eigenvalue weighted by atomic mass is 9.96. The molecule has 0 aliphatic heterocycles. The summed E-state index contributed by atoms with van der Waals surface area (Å²) in [4.78, 5) is 0. The number of nitrogens with zero attached hydrogens (tertiary/aromatic N) is 1. The van der Waals surface area contributed by atoms with Gasteiger partial charge >= 0.3 is 0 Å². The zero-order chi connectivity index (χ0) is 25.1. The summed E-state index contributed by atoms with van der Waals surface area (Å²) in [6.45, 7) is 0. The average Bonchev–Trinajstić information content (AvgIpc) is 3.52. The first-order valence-corrected chi connectivity index (χ1v) is 13.8. The summed E-state index contributed by atoms with van der Waals surface area (Å²) in [7, 11) is 0. The van der Waals surface area contributed by atoms with Crippen molar-refractivity contribution in [3.63, 3.8) is 0 Å². The van der Waals surface area contributed by atoms with Gasteiger partial charge in [-0.1, -0.05) is 103 Å². The Labute approximate surface area is 224 Å². The topological polar surface area (TPSA) is 4.93 Å². The summed E-state index contributed by atoms with van der Waals surface area (Å²) < 4.78 is 5.14. The molecule has 0 fully saturated rings. The van der Waals surface area contributed by atoms with E-state index in [2.05, 4.69) is 144 Å². The molecule has 178 valence electrons. The van der Waals surface area contributed by atoms with E-state index in [9.17, 15) is 0 Å². The molecule has 8 aromatic rings. The Kier molecular flexibility index (Phi) is 4.76. The first-order chi connectivity index (χ1) is 18.8. The van der Waals surface area contributed by atoms with E-state index >= 15 is 0 Å². The first kappa shape index (κ1) is 21.4. The summed E-state index contributed by atoms with van der Waals surface area (Å²) in [6, 6.07) is 50.7. The fourth-order valence-corrected chi connectivity index (χ4v) is 6.98. The fourth-order valence-electron chi connectivity index (χ4n) is 5.76. The van der Waals surface area contributed by atoms with E-state index in [1.165, 1.54) is 69.9 Å². The number of fused-ring (bicyclic) bond motifs is 6. The Hall–Kier alpha value is -4.66. The van der Waals surface area contributed by atoms with Crippen LogP contribution in [0.15, 0.2) is 140 Å². The van der Waals surface area contributed by atoms with E-state index in [4.69, 9.17) is 0 Å². The third kappa shape index (κ3) is 3.31. The molecule has 2 aromatic heterocycles. The highest BCUT2D eigenvalue weighted by Crippen LogP contribution is 2.43. The van der Waals surface area contributed by atoms with Crippen LogP contribution in [0.3, 0.4) is 0 Å². The second-order valence-electron chi connectivity index (χ2n) is 9.83. The molecule has 0 saturated heterocycles. The van der Waals surface area contributed by atoms with Crippen LogP contribution < -0.4 is 0 Å². The maximum Gasteiger partial charge on any atom is 0.0727 e. The van der Waals surface area contributed by atoms with Crippen molar-refractivity contribution >= 4 is 53.3 Å². The highest BCUT2D eigenvalue weighted by atomic mass is 32.1. The Bertz CT molecular complexity index is 2120. The Balaban J connectivity index is 1.47. The maximum atomic E-state index is 2.47. The molecule has 0 unspecified atom stereocenters. The molecular formula is C36H23NS. The number of hydrogen-bond acceptors (Lipinski definition) is 1. The second-order valence-corrected chi connectivity index (χ2v) is 10.9. The summed E-state index contributed by atoms with van der Waals surface area (Å²) >= 11 is 1.89. The van der Waals surface area contributed by atoms with E-state index in [1.807, 2.05) is 11.3 Å². The molecule has 2 heteroatoms. The van der Waals surface area contributed by atoms with Crippen LogP contribution >= 0.6 is 11.3 Å². The molecule has 6 aromatic carbocycles. The molecule has 0 bridgehead atoms. The van der Waals surface area contributed by atoms with Gasteiger partial charge in [-0.15, -0.1) is 11.3 Å². The summed E-state index contributed by atoms with van der Waals surface area (Å²) in [5, 5.41) is 5.13. The van der Waals surface area contributed by atoms with Crippen LogP contribution in [0.5, 0.6) is 0 Å². The van der Waals surface area contributed by atoms with Crippen molar-refractivity contribution in [2.45, 2.75) is 0 Å². The van der Waals surface area contributed by atoms with E-state index in [1.54, 1.807) is 0 Å². The van der Waals surface area contributed by atoms with Crippen LogP contribution in [0, 0.1) is 0 Å². The van der Waals surface area contributed by atoms with Gasteiger partial charge in [-0.3, -0.25) is 0 Å². The van der Waals surface area contributed by atoms with Gasteiger partial charge < -0.3 is 4.57 Å². The third-order valence-corrected chi connectivity index (χ3v) is 8.74. The van der Waals surface area contributed by atoms with Crippen LogP contribution in [-0.4, -0.2) is 4.57 Å². The first-order valence-electron chi connectivity index (χ1n) is 12.9. The van der Waals surface area contributed by atoms with Gasteiger partial charge in [-0.2, -0.15) is 0 Å². The van der Waals surface area contributed by atoms with Crippen LogP contribution in [0.4, 0.5) is 0 Å². The van der Waals surface area contributed by atoms with Gasteiger partial charge in [0.25, 0.3) is 0 Å². The summed E-state index contributed by atoms with van der Waals surface area (Å²) in [6.07, 6.45) is 0. The molecule has 0 atom stereocenters. The van der Waals surface area contributed by atoms with Crippen molar-refractivity contribution in [3.05, 3.63) is 140 Å². The molecule has 8 rings (SSSR count). The van der Waals surface area contributed by atoms with Crippen molar-refractivity contribution in [1.29, 1.82) is 0 Å². The standard InChI is InChI=1S/C36H23NS/c1-2-10-24(11-3-1)28-21-29(27-19-18-25-12-4-5-13-26(25)20-27)23-30(22-28)37-33-16-8-6-14-31(33)36-35(37)32-15-7-9-17-34(32)38-36/h1-23H. The Morgan fingerprint density at radius 3 is 2.00 bits per heavy atom. The van der Waals surface area contributed by atoms with E-state index < -0.39 is 0 Å². The van der Waals surface area contributed by atoms with Gasteiger partial charge in [0, 0.05) is 21.2 Å². The fraction of sp³-hybridized carbons (Fsp3) is 0. The van der Waals surface area contributed by atoms with Crippen LogP contribution in [-0.2, 0) is 0 Å². The lowest BCUT2D eigenvalue weighted by Gasteiger charge is -2.14. The number of aromatic nitrogens is 1. The molecular weight excluding hydrogens is 478 g/mol. The van der Waals surface area contributed by atoms with Gasteiger partial charge in [0.05, 0.1) is 15.7 Å². The van der Waals surface area contributed by atoms with Gasteiger partial charge in [0.1, 0.15) is 0 Å². The van der Waals surface area contributed by atoms with Crippen molar-refractivity contribution in [1.82, 2.24) is 4.57 Å². The number of thiophene rings is 1. The SMILES string of the molecule is c1ccc(-c2cc(-c3ccc4ccccc4c3)cc(-n3c4ccccc4c4sc5ccccc5c43)c2)cc1. The van der Waals surface area contributed by atoms with Crippen LogP contribution in [0.2, 0.25) is 0 Å². The van der Waals surface area contributed by atoms with E-state index in [-0.39, 0.29) is 0 Å². The lowest BCUT2D eigenvalue weighted by molar-refractivity contribution is 1.19. The quantitative estimate of drug-likeness (QED) is 0.227. The Morgan fingerprint density at radius 2 is 1.13 bits per heavy atom. The highest BCUT2D eigenvalue weighted by molar-refractivity contribution is 7.26.